The number of hydrogen-bond donors (Lipinski definition) is 1. The molecule has 0 amide bonds. The molecule has 0 bridgehead atoms. The highest BCUT2D eigenvalue weighted by Gasteiger charge is 2.26. The van der Waals surface area contributed by atoms with Crippen molar-refractivity contribution >= 4 is 38.8 Å². The molecule has 4 heterocycles. The number of pyridine rings is 1. The van der Waals surface area contributed by atoms with Crippen LogP contribution in [0.25, 0.3) is 21.6 Å². The molecule has 36 heavy (non-hydrogen) atoms. The fourth-order valence-corrected chi connectivity index (χ4v) is 5.61. The van der Waals surface area contributed by atoms with Gasteiger partial charge in [0.2, 0.25) is 0 Å². The fraction of sp³-hybridized carbons (Fsp3) is 0.440. The van der Waals surface area contributed by atoms with Gasteiger partial charge in [-0.1, -0.05) is 54.6 Å². The molecule has 5 rings (SSSR count). The van der Waals surface area contributed by atoms with E-state index in [0.29, 0.717) is 6.01 Å². The fourth-order valence-electron chi connectivity index (χ4n) is 4.20. The van der Waals surface area contributed by atoms with E-state index in [1.165, 1.54) is 0 Å². The van der Waals surface area contributed by atoms with Crippen molar-refractivity contribution in [3.8, 4) is 11.3 Å². The van der Waals surface area contributed by atoms with Crippen LogP contribution in [0, 0.1) is 0 Å². The standard InChI is InChI=1S/C25H29N5O4S2/c1-15(2)22-28-25(34-29-22)30-12-10-19(11-13-30)33-16(3)23-27-21-9-8-20(26-24(21)35-23)18-6-4-17(5-7-18)14-36(31)32/h4-9,15-16,19H,10-14H2,1-3H3,(H,31,32). The maximum atomic E-state index is 11.0. The predicted molar refractivity (Wildman–Crippen MR) is 140 cm³/mol. The normalized spacial score (nSPS) is 16.6. The van der Waals surface area contributed by atoms with Gasteiger partial charge in [-0.25, -0.2) is 14.2 Å². The molecule has 11 heteroatoms. The summed E-state index contributed by atoms with van der Waals surface area (Å²) in [6, 6.07) is 12.1. The minimum absolute atomic E-state index is 0.123. The molecule has 4 aromatic rings. The van der Waals surface area contributed by atoms with Crippen LogP contribution < -0.4 is 4.90 Å². The molecule has 2 unspecified atom stereocenters. The molecule has 2 atom stereocenters. The lowest BCUT2D eigenvalue weighted by Gasteiger charge is -2.31. The van der Waals surface area contributed by atoms with Gasteiger partial charge in [0.25, 0.3) is 0 Å². The third-order valence-electron chi connectivity index (χ3n) is 6.22. The summed E-state index contributed by atoms with van der Waals surface area (Å²) in [5.74, 6) is 1.10. The molecule has 0 saturated carbocycles. The summed E-state index contributed by atoms with van der Waals surface area (Å²) >= 11 is -0.296. The molecule has 0 spiro atoms. The smallest absolute Gasteiger partial charge is 0.324 e. The van der Waals surface area contributed by atoms with Crippen LogP contribution in [0.3, 0.4) is 0 Å². The summed E-state index contributed by atoms with van der Waals surface area (Å²) in [4.78, 5) is 17.1. The molecule has 1 fully saturated rings. The number of nitrogens with zero attached hydrogens (tertiary/aromatic N) is 5. The van der Waals surface area contributed by atoms with E-state index in [0.717, 1.165) is 63.9 Å². The van der Waals surface area contributed by atoms with Crippen molar-refractivity contribution in [1.82, 2.24) is 20.1 Å². The topological polar surface area (TPSA) is 114 Å². The summed E-state index contributed by atoms with van der Waals surface area (Å²) in [6.45, 7) is 7.78. The van der Waals surface area contributed by atoms with Crippen molar-refractivity contribution in [1.29, 1.82) is 0 Å². The molecular weight excluding hydrogens is 498 g/mol. The van der Waals surface area contributed by atoms with E-state index in [2.05, 4.69) is 28.9 Å². The molecule has 1 N–H and O–H groups in total. The van der Waals surface area contributed by atoms with Gasteiger partial charge in [-0.2, -0.15) is 4.98 Å². The lowest BCUT2D eigenvalue weighted by atomic mass is 10.1. The Bertz CT molecular complexity index is 1350. The average Bonchev–Trinajstić information content (AvgIpc) is 3.52. The van der Waals surface area contributed by atoms with Gasteiger partial charge >= 0.3 is 6.01 Å². The number of fused-ring (bicyclic) bond motifs is 1. The maximum Gasteiger partial charge on any atom is 0.324 e. The maximum absolute atomic E-state index is 11.0. The van der Waals surface area contributed by atoms with Crippen molar-refractivity contribution < 1.29 is 18.0 Å². The van der Waals surface area contributed by atoms with Gasteiger partial charge in [0.1, 0.15) is 21.5 Å². The number of rotatable bonds is 8. The highest BCUT2D eigenvalue weighted by Crippen LogP contribution is 2.32. The summed E-state index contributed by atoms with van der Waals surface area (Å²) in [7, 11) is 0. The Kier molecular flexibility index (Phi) is 7.42. The number of aromatic nitrogens is 4. The van der Waals surface area contributed by atoms with E-state index < -0.39 is 11.1 Å². The van der Waals surface area contributed by atoms with Crippen LogP contribution in [0.4, 0.5) is 6.01 Å². The van der Waals surface area contributed by atoms with Crippen LogP contribution in [0.15, 0.2) is 40.9 Å². The minimum atomic E-state index is -1.85. The molecule has 1 aliphatic rings. The molecule has 9 nitrogen and oxygen atoms in total. The van der Waals surface area contributed by atoms with Crippen LogP contribution in [-0.4, -0.2) is 48.1 Å². The predicted octanol–water partition coefficient (Wildman–Crippen LogP) is 5.33. The Labute approximate surface area is 216 Å². The third-order valence-corrected chi connectivity index (χ3v) is 7.92. The van der Waals surface area contributed by atoms with Gasteiger partial charge in [0, 0.05) is 24.6 Å². The van der Waals surface area contributed by atoms with Crippen molar-refractivity contribution in [3.05, 3.63) is 52.8 Å². The van der Waals surface area contributed by atoms with Crippen molar-refractivity contribution in [3.63, 3.8) is 0 Å². The first-order valence-electron chi connectivity index (χ1n) is 12.0. The van der Waals surface area contributed by atoms with Gasteiger partial charge in [-0.3, -0.25) is 0 Å². The SMILES string of the molecule is CC(C)c1noc(N2CCC(OC(C)c3nc4ccc(-c5ccc(CS(=O)O)cc5)nc4s3)CC2)n1. The van der Waals surface area contributed by atoms with Crippen LogP contribution in [0.1, 0.15) is 62.0 Å². The van der Waals surface area contributed by atoms with E-state index in [4.69, 9.17) is 23.8 Å². The summed E-state index contributed by atoms with van der Waals surface area (Å²) in [6.07, 6.45) is 1.79. The summed E-state index contributed by atoms with van der Waals surface area (Å²) in [5, 5.41) is 4.98. The van der Waals surface area contributed by atoms with Gasteiger partial charge in [0.15, 0.2) is 16.9 Å². The number of thiazole rings is 1. The van der Waals surface area contributed by atoms with Gasteiger partial charge in [-0.15, -0.1) is 0 Å². The Morgan fingerprint density at radius 3 is 2.53 bits per heavy atom. The minimum Gasteiger partial charge on any atom is -0.368 e. The highest BCUT2D eigenvalue weighted by molar-refractivity contribution is 7.78. The number of anilines is 1. The first kappa shape index (κ1) is 24.9. The summed E-state index contributed by atoms with van der Waals surface area (Å²) < 4.78 is 31.9. The molecule has 1 saturated heterocycles. The molecule has 1 aliphatic heterocycles. The number of piperidine rings is 1. The second-order valence-electron chi connectivity index (χ2n) is 9.29. The zero-order chi connectivity index (χ0) is 25.2. The van der Waals surface area contributed by atoms with Crippen molar-refractivity contribution in [2.45, 2.75) is 57.5 Å². The van der Waals surface area contributed by atoms with Crippen LogP contribution in [-0.2, 0) is 21.6 Å². The van der Waals surface area contributed by atoms with Crippen LogP contribution in [0.2, 0.25) is 0 Å². The second kappa shape index (κ2) is 10.7. The van der Waals surface area contributed by atoms with E-state index in [1.807, 2.05) is 43.3 Å². The monoisotopic (exact) mass is 527 g/mol. The van der Waals surface area contributed by atoms with E-state index in [-0.39, 0.29) is 23.9 Å². The van der Waals surface area contributed by atoms with Crippen molar-refractivity contribution in [2.75, 3.05) is 18.0 Å². The molecule has 0 aliphatic carbocycles. The molecule has 1 aromatic carbocycles. The van der Waals surface area contributed by atoms with Crippen LogP contribution >= 0.6 is 11.3 Å². The average molecular weight is 528 g/mol. The Hall–Kier alpha value is -2.73. The van der Waals surface area contributed by atoms with E-state index >= 15 is 0 Å². The summed E-state index contributed by atoms with van der Waals surface area (Å²) in [5.41, 5.74) is 3.47. The first-order chi connectivity index (χ1) is 17.4. The van der Waals surface area contributed by atoms with Crippen molar-refractivity contribution in [2.24, 2.45) is 0 Å². The third kappa shape index (κ3) is 5.64. The van der Waals surface area contributed by atoms with Gasteiger partial charge < -0.3 is 18.7 Å². The van der Waals surface area contributed by atoms with Crippen LogP contribution in [0.5, 0.6) is 0 Å². The Morgan fingerprint density at radius 1 is 1.11 bits per heavy atom. The Balaban J connectivity index is 1.21. The van der Waals surface area contributed by atoms with Gasteiger partial charge in [-0.05, 0) is 37.5 Å². The number of benzene rings is 1. The van der Waals surface area contributed by atoms with E-state index in [1.54, 1.807) is 11.3 Å². The number of hydrogen-bond acceptors (Lipinski definition) is 9. The largest absolute Gasteiger partial charge is 0.368 e. The number of ether oxygens (including phenoxy) is 1. The zero-order valence-corrected chi connectivity index (χ0v) is 22.1. The van der Waals surface area contributed by atoms with E-state index in [9.17, 15) is 4.21 Å². The second-order valence-corrected chi connectivity index (χ2v) is 11.2. The van der Waals surface area contributed by atoms with Gasteiger partial charge in [0.05, 0.1) is 17.6 Å². The Morgan fingerprint density at radius 2 is 1.86 bits per heavy atom. The quantitative estimate of drug-likeness (QED) is 0.303. The molecule has 3 aromatic heterocycles. The molecule has 190 valence electrons. The zero-order valence-electron chi connectivity index (χ0n) is 20.5. The molecular formula is C25H29N5O4S2. The highest BCUT2D eigenvalue weighted by atomic mass is 32.2. The lowest BCUT2D eigenvalue weighted by molar-refractivity contribution is -0.0160. The first-order valence-corrected chi connectivity index (χ1v) is 14.1. The lowest BCUT2D eigenvalue weighted by Crippen LogP contribution is -2.37. The molecule has 0 radical (unpaired) electrons.